The van der Waals surface area contributed by atoms with Crippen LogP contribution in [0.25, 0.3) is 0 Å². The molecule has 0 bridgehead atoms. The van der Waals surface area contributed by atoms with Crippen molar-refractivity contribution in [3.8, 4) is 0 Å². The van der Waals surface area contributed by atoms with Crippen LogP contribution >= 0.6 is 0 Å². The number of piperazine rings is 1. The van der Waals surface area contributed by atoms with E-state index < -0.39 is 10.0 Å². The number of benzene rings is 3. The maximum absolute atomic E-state index is 12.8. The smallest absolute Gasteiger partial charge is 0.251 e. The minimum absolute atomic E-state index is 0.125. The molecule has 0 radical (unpaired) electrons. The van der Waals surface area contributed by atoms with Crippen LogP contribution in [-0.4, -0.2) is 62.9 Å². The molecule has 0 aliphatic carbocycles. The van der Waals surface area contributed by atoms with Gasteiger partial charge in [0.25, 0.3) is 5.91 Å². The van der Waals surface area contributed by atoms with Crippen molar-refractivity contribution < 1.29 is 17.9 Å². The first kappa shape index (κ1) is 25.1. The fourth-order valence-corrected chi connectivity index (χ4v) is 5.44. The van der Waals surface area contributed by atoms with E-state index in [1.165, 1.54) is 0 Å². The van der Waals surface area contributed by atoms with Crippen molar-refractivity contribution >= 4 is 15.9 Å². The van der Waals surface area contributed by atoms with E-state index in [-0.39, 0.29) is 5.91 Å². The standard InChI is InChI=1S/C27H31N3O4S/c31-27(28-15-20-34-22-24-7-3-1-4-8-24)25-13-11-23(12-14-25)21-29-16-18-30(19-17-29)35(32,33)26-9-5-2-6-10-26/h1-14H,15-22H2,(H,28,31). The molecule has 1 aliphatic heterocycles. The van der Waals surface area contributed by atoms with Gasteiger partial charge in [0, 0.05) is 44.8 Å². The quantitative estimate of drug-likeness (QED) is 0.439. The van der Waals surface area contributed by atoms with E-state index in [9.17, 15) is 13.2 Å². The SMILES string of the molecule is O=C(NCCOCc1ccccc1)c1ccc(CN2CCN(S(=O)(=O)c3ccccc3)CC2)cc1. The molecule has 1 saturated heterocycles. The minimum Gasteiger partial charge on any atom is -0.375 e. The lowest BCUT2D eigenvalue weighted by Crippen LogP contribution is -2.48. The number of nitrogens with zero attached hydrogens (tertiary/aromatic N) is 2. The predicted octanol–water partition coefficient (Wildman–Crippen LogP) is 3.14. The highest BCUT2D eigenvalue weighted by molar-refractivity contribution is 7.89. The highest BCUT2D eigenvalue weighted by atomic mass is 32.2. The summed E-state index contributed by atoms with van der Waals surface area (Å²) in [7, 11) is -3.45. The number of ether oxygens (including phenoxy) is 1. The van der Waals surface area contributed by atoms with Gasteiger partial charge in [0.2, 0.25) is 10.0 Å². The Kier molecular flexibility index (Phi) is 8.65. The summed E-state index contributed by atoms with van der Waals surface area (Å²) in [6.45, 7) is 4.39. The number of amides is 1. The molecule has 1 amide bonds. The monoisotopic (exact) mass is 493 g/mol. The number of sulfonamides is 1. The molecule has 35 heavy (non-hydrogen) atoms. The van der Waals surface area contributed by atoms with Gasteiger partial charge in [-0.2, -0.15) is 4.31 Å². The molecule has 184 valence electrons. The van der Waals surface area contributed by atoms with Gasteiger partial charge in [0.15, 0.2) is 0 Å². The first-order chi connectivity index (χ1) is 17.0. The molecule has 1 fully saturated rings. The Hall–Kier alpha value is -3.04. The summed E-state index contributed by atoms with van der Waals surface area (Å²) in [5, 5.41) is 2.88. The van der Waals surface area contributed by atoms with Crippen LogP contribution in [0, 0.1) is 0 Å². The maximum Gasteiger partial charge on any atom is 0.251 e. The number of rotatable bonds is 10. The molecule has 0 aromatic heterocycles. The Bertz CT molecular complexity index is 1180. The van der Waals surface area contributed by atoms with Gasteiger partial charge >= 0.3 is 0 Å². The van der Waals surface area contributed by atoms with Crippen molar-refractivity contribution in [1.82, 2.24) is 14.5 Å². The second kappa shape index (κ2) is 12.1. The third-order valence-electron chi connectivity index (χ3n) is 5.98. The largest absolute Gasteiger partial charge is 0.375 e. The molecule has 4 rings (SSSR count). The van der Waals surface area contributed by atoms with Crippen molar-refractivity contribution in [1.29, 1.82) is 0 Å². The van der Waals surface area contributed by atoms with Crippen molar-refractivity contribution in [2.45, 2.75) is 18.0 Å². The van der Waals surface area contributed by atoms with Crippen molar-refractivity contribution in [3.63, 3.8) is 0 Å². The number of hydrogen-bond acceptors (Lipinski definition) is 5. The van der Waals surface area contributed by atoms with Gasteiger partial charge in [-0.15, -0.1) is 0 Å². The van der Waals surface area contributed by atoms with Crippen molar-refractivity contribution in [2.24, 2.45) is 0 Å². The van der Waals surface area contributed by atoms with E-state index in [1.807, 2.05) is 60.7 Å². The van der Waals surface area contributed by atoms with Crippen molar-refractivity contribution in [3.05, 3.63) is 102 Å². The average Bonchev–Trinajstić information content (AvgIpc) is 2.90. The second-order valence-electron chi connectivity index (χ2n) is 8.48. The van der Waals surface area contributed by atoms with E-state index >= 15 is 0 Å². The van der Waals surface area contributed by atoms with Crippen LogP contribution in [0.2, 0.25) is 0 Å². The van der Waals surface area contributed by atoms with Crippen LogP contribution < -0.4 is 5.32 Å². The van der Waals surface area contributed by atoms with E-state index in [1.54, 1.807) is 28.6 Å². The van der Waals surface area contributed by atoms with Gasteiger partial charge in [-0.3, -0.25) is 9.69 Å². The van der Waals surface area contributed by atoms with Crippen molar-refractivity contribution in [2.75, 3.05) is 39.3 Å². The van der Waals surface area contributed by atoms with Gasteiger partial charge in [0.05, 0.1) is 18.1 Å². The van der Waals surface area contributed by atoms with E-state index in [0.29, 0.717) is 62.9 Å². The summed E-state index contributed by atoms with van der Waals surface area (Å²) in [5.41, 5.74) is 2.80. The zero-order valence-corrected chi connectivity index (χ0v) is 20.5. The minimum atomic E-state index is -3.45. The Morgan fingerprint density at radius 3 is 2.09 bits per heavy atom. The zero-order valence-electron chi connectivity index (χ0n) is 19.7. The summed E-state index contributed by atoms with van der Waals surface area (Å²) >= 11 is 0. The predicted molar refractivity (Wildman–Crippen MR) is 135 cm³/mol. The Morgan fingerprint density at radius 1 is 0.800 bits per heavy atom. The lowest BCUT2D eigenvalue weighted by molar-refractivity contribution is 0.0901. The number of nitrogens with one attached hydrogen (secondary N) is 1. The molecular formula is C27H31N3O4S. The molecule has 0 atom stereocenters. The fourth-order valence-electron chi connectivity index (χ4n) is 3.99. The average molecular weight is 494 g/mol. The Morgan fingerprint density at radius 2 is 1.43 bits per heavy atom. The first-order valence-corrected chi connectivity index (χ1v) is 13.2. The summed E-state index contributed by atoms with van der Waals surface area (Å²) < 4.78 is 32.7. The zero-order chi connectivity index (χ0) is 24.5. The van der Waals surface area contributed by atoms with Gasteiger partial charge in [-0.05, 0) is 35.4 Å². The molecule has 0 spiro atoms. The molecule has 0 unspecified atom stereocenters. The van der Waals surface area contributed by atoms with Crippen LogP contribution in [-0.2, 0) is 27.9 Å². The fraction of sp³-hybridized carbons (Fsp3) is 0.296. The van der Waals surface area contributed by atoms with Gasteiger partial charge < -0.3 is 10.1 Å². The third kappa shape index (κ3) is 6.99. The van der Waals surface area contributed by atoms with Crippen LogP contribution in [0.3, 0.4) is 0 Å². The number of carbonyl (C=O) groups excluding carboxylic acids is 1. The van der Waals surface area contributed by atoms with Crippen LogP contribution in [0.4, 0.5) is 0 Å². The summed E-state index contributed by atoms with van der Waals surface area (Å²) in [5.74, 6) is -0.125. The van der Waals surface area contributed by atoms with Gasteiger partial charge in [-0.25, -0.2) is 8.42 Å². The molecule has 3 aromatic carbocycles. The molecule has 8 heteroatoms. The lowest BCUT2D eigenvalue weighted by Gasteiger charge is -2.34. The van der Waals surface area contributed by atoms with E-state index in [4.69, 9.17) is 4.74 Å². The summed E-state index contributed by atoms with van der Waals surface area (Å²) in [4.78, 5) is 15.0. The Balaban J connectivity index is 1.18. The maximum atomic E-state index is 12.8. The summed E-state index contributed by atoms with van der Waals surface area (Å²) in [6.07, 6.45) is 0. The highest BCUT2D eigenvalue weighted by Gasteiger charge is 2.28. The molecule has 7 nitrogen and oxygen atoms in total. The second-order valence-corrected chi connectivity index (χ2v) is 10.4. The Labute approximate surface area is 207 Å². The van der Waals surface area contributed by atoms with Gasteiger partial charge in [-0.1, -0.05) is 60.7 Å². The molecular weight excluding hydrogens is 462 g/mol. The van der Waals surface area contributed by atoms with Crippen LogP contribution in [0.15, 0.2) is 89.8 Å². The van der Waals surface area contributed by atoms with Crippen LogP contribution in [0.5, 0.6) is 0 Å². The number of carbonyl (C=O) groups is 1. The highest BCUT2D eigenvalue weighted by Crippen LogP contribution is 2.18. The summed E-state index contributed by atoms with van der Waals surface area (Å²) in [6, 6.07) is 26.1. The topological polar surface area (TPSA) is 79.0 Å². The van der Waals surface area contributed by atoms with E-state index in [2.05, 4.69) is 10.2 Å². The van der Waals surface area contributed by atoms with E-state index in [0.717, 1.165) is 11.1 Å². The third-order valence-corrected chi connectivity index (χ3v) is 7.89. The molecule has 1 aliphatic rings. The lowest BCUT2D eigenvalue weighted by atomic mass is 10.1. The van der Waals surface area contributed by atoms with Crippen LogP contribution in [0.1, 0.15) is 21.5 Å². The molecule has 3 aromatic rings. The normalized spacial score (nSPS) is 15.1. The molecule has 1 heterocycles. The molecule has 0 saturated carbocycles. The number of hydrogen-bond donors (Lipinski definition) is 1. The van der Waals surface area contributed by atoms with Gasteiger partial charge in [0.1, 0.15) is 0 Å². The molecule has 1 N–H and O–H groups in total. The first-order valence-electron chi connectivity index (χ1n) is 11.8.